The number of halogens is 1. The van der Waals surface area contributed by atoms with E-state index in [4.69, 9.17) is 11.6 Å². The third-order valence-corrected chi connectivity index (χ3v) is 5.73. The van der Waals surface area contributed by atoms with Gasteiger partial charge in [-0.1, -0.05) is 96.5 Å². The predicted octanol–water partition coefficient (Wildman–Crippen LogP) is 7.48. The standard InChI is InChI=1S/C29H20ClNO/c30-26-15-11-24(12-16-26)28-20-25(19-21-7-3-1-4-8-21)29(32)31(28)27-17-13-23(14-18-27)22-9-5-2-6-10-22/h1-20H/b25-19+. The van der Waals surface area contributed by atoms with E-state index in [1.165, 1.54) is 0 Å². The maximum atomic E-state index is 13.5. The second-order valence-electron chi connectivity index (χ2n) is 7.60. The van der Waals surface area contributed by atoms with Crippen LogP contribution in [-0.4, -0.2) is 5.91 Å². The lowest BCUT2D eigenvalue weighted by Gasteiger charge is -2.21. The van der Waals surface area contributed by atoms with E-state index in [2.05, 4.69) is 24.3 Å². The van der Waals surface area contributed by atoms with Crippen molar-refractivity contribution in [1.82, 2.24) is 0 Å². The van der Waals surface area contributed by atoms with Crippen LogP contribution in [0.5, 0.6) is 0 Å². The number of carbonyl (C=O) groups excluding carboxylic acids is 1. The van der Waals surface area contributed by atoms with Crippen LogP contribution in [0.4, 0.5) is 5.69 Å². The van der Waals surface area contributed by atoms with E-state index in [-0.39, 0.29) is 5.91 Å². The number of hydrogen-bond donors (Lipinski definition) is 0. The van der Waals surface area contributed by atoms with Crippen molar-refractivity contribution < 1.29 is 4.79 Å². The lowest BCUT2D eigenvalue weighted by atomic mass is 10.0. The Bertz CT molecular complexity index is 1310. The molecule has 0 saturated heterocycles. The average molecular weight is 434 g/mol. The van der Waals surface area contributed by atoms with Crippen LogP contribution in [0.15, 0.2) is 121 Å². The molecule has 1 amide bonds. The number of hydrogen-bond acceptors (Lipinski definition) is 1. The highest BCUT2D eigenvalue weighted by Crippen LogP contribution is 2.36. The van der Waals surface area contributed by atoms with E-state index in [1.54, 1.807) is 4.90 Å². The second kappa shape index (κ2) is 8.70. The van der Waals surface area contributed by atoms with Crippen molar-refractivity contribution in [1.29, 1.82) is 0 Å². The number of rotatable bonds is 4. The van der Waals surface area contributed by atoms with E-state index in [1.807, 2.05) is 97.1 Å². The summed E-state index contributed by atoms with van der Waals surface area (Å²) in [5, 5.41) is 0.664. The Morgan fingerprint density at radius 1 is 0.625 bits per heavy atom. The first-order valence-corrected chi connectivity index (χ1v) is 10.8. The van der Waals surface area contributed by atoms with Gasteiger partial charge in [-0.05, 0) is 58.7 Å². The highest BCUT2D eigenvalue weighted by atomic mass is 35.5. The molecule has 2 nitrogen and oxygen atoms in total. The summed E-state index contributed by atoms with van der Waals surface area (Å²) in [7, 11) is 0. The normalized spacial score (nSPS) is 14.7. The van der Waals surface area contributed by atoms with Crippen LogP contribution in [0, 0.1) is 0 Å². The fraction of sp³-hybridized carbons (Fsp3) is 0. The lowest BCUT2D eigenvalue weighted by molar-refractivity contribution is -0.113. The van der Waals surface area contributed by atoms with Gasteiger partial charge >= 0.3 is 0 Å². The summed E-state index contributed by atoms with van der Waals surface area (Å²) >= 11 is 6.10. The van der Waals surface area contributed by atoms with Crippen LogP contribution in [0.2, 0.25) is 5.02 Å². The summed E-state index contributed by atoms with van der Waals surface area (Å²) in [6, 6.07) is 35.8. The van der Waals surface area contributed by atoms with Gasteiger partial charge in [0.15, 0.2) is 0 Å². The minimum absolute atomic E-state index is 0.0498. The molecule has 1 aliphatic heterocycles. The maximum Gasteiger partial charge on any atom is 0.262 e. The van der Waals surface area contributed by atoms with Crippen LogP contribution >= 0.6 is 11.6 Å². The molecule has 0 spiro atoms. The van der Waals surface area contributed by atoms with E-state index in [9.17, 15) is 4.79 Å². The minimum Gasteiger partial charge on any atom is -0.276 e. The van der Waals surface area contributed by atoms with Gasteiger partial charge in [-0.25, -0.2) is 0 Å². The van der Waals surface area contributed by atoms with Crippen molar-refractivity contribution in [2.75, 3.05) is 4.90 Å². The molecule has 3 heteroatoms. The summed E-state index contributed by atoms with van der Waals surface area (Å²) in [6.07, 6.45) is 3.88. The summed E-state index contributed by atoms with van der Waals surface area (Å²) in [6.45, 7) is 0. The Kier molecular flexibility index (Phi) is 5.45. The van der Waals surface area contributed by atoms with E-state index in [0.717, 1.165) is 33.6 Å². The molecular weight excluding hydrogens is 414 g/mol. The molecule has 32 heavy (non-hydrogen) atoms. The van der Waals surface area contributed by atoms with Crippen molar-refractivity contribution in [3.8, 4) is 11.1 Å². The predicted molar refractivity (Wildman–Crippen MR) is 133 cm³/mol. The summed E-state index contributed by atoms with van der Waals surface area (Å²) < 4.78 is 0. The Morgan fingerprint density at radius 3 is 1.84 bits per heavy atom. The largest absolute Gasteiger partial charge is 0.276 e. The highest BCUT2D eigenvalue weighted by Gasteiger charge is 2.30. The first-order chi connectivity index (χ1) is 15.7. The molecule has 4 aromatic carbocycles. The summed E-state index contributed by atoms with van der Waals surface area (Å²) in [5.74, 6) is -0.0498. The Balaban J connectivity index is 1.56. The zero-order chi connectivity index (χ0) is 21.9. The molecule has 0 atom stereocenters. The van der Waals surface area contributed by atoms with E-state index < -0.39 is 0 Å². The van der Waals surface area contributed by atoms with Gasteiger partial charge in [0.25, 0.3) is 5.91 Å². The molecular formula is C29H20ClNO. The van der Waals surface area contributed by atoms with E-state index in [0.29, 0.717) is 10.6 Å². The third-order valence-electron chi connectivity index (χ3n) is 5.48. The van der Waals surface area contributed by atoms with Gasteiger partial charge in [-0.15, -0.1) is 0 Å². The van der Waals surface area contributed by atoms with Crippen LogP contribution in [0.25, 0.3) is 22.9 Å². The third kappa shape index (κ3) is 4.01. The number of anilines is 1. The Labute approximate surface area is 192 Å². The van der Waals surface area contributed by atoms with Crippen molar-refractivity contribution in [3.63, 3.8) is 0 Å². The number of nitrogens with zero attached hydrogens (tertiary/aromatic N) is 1. The van der Waals surface area contributed by atoms with E-state index >= 15 is 0 Å². The smallest absolute Gasteiger partial charge is 0.262 e. The molecule has 0 saturated carbocycles. The SMILES string of the molecule is O=C1/C(=C/c2ccccc2)C=C(c2ccc(Cl)cc2)N1c1ccc(-c2ccccc2)cc1. The fourth-order valence-electron chi connectivity index (χ4n) is 3.87. The number of carbonyl (C=O) groups is 1. The van der Waals surface area contributed by atoms with Crippen LogP contribution in [-0.2, 0) is 4.79 Å². The van der Waals surface area contributed by atoms with Gasteiger partial charge in [-0.2, -0.15) is 0 Å². The lowest BCUT2D eigenvalue weighted by Crippen LogP contribution is -2.24. The van der Waals surface area contributed by atoms with Gasteiger partial charge < -0.3 is 0 Å². The van der Waals surface area contributed by atoms with Gasteiger partial charge in [-0.3, -0.25) is 9.69 Å². The minimum atomic E-state index is -0.0498. The van der Waals surface area contributed by atoms with Crippen molar-refractivity contribution in [2.45, 2.75) is 0 Å². The Hall–Kier alpha value is -3.88. The van der Waals surface area contributed by atoms with Crippen LogP contribution < -0.4 is 4.90 Å². The quantitative estimate of drug-likeness (QED) is 0.305. The van der Waals surface area contributed by atoms with Crippen molar-refractivity contribution >= 4 is 35.0 Å². The van der Waals surface area contributed by atoms with Crippen LogP contribution in [0.3, 0.4) is 0 Å². The number of benzene rings is 4. The molecule has 0 unspecified atom stereocenters. The maximum absolute atomic E-state index is 13.5. The average Bonchev–Trinajstić information content (AvgIpc) is 3.16. The van der Waals surface area contributed by atoms with Gasteiger partial charge in [0, 0.05) is 16.3 Å². The van der Waals surface area contributed by atoms with Crippen LogP contribution in [0.1, 0.15) is 11.1 Å². The molecule has 0 aromatic heterocycles. The molecule has 1 heterocycles. The molecule has 0 fully saturated rings. The van der Waals surface area contributed by atoms with Gasteiger partial charge in [0.1, 0.15) is 0 Å². The monoisotopic (exact) mass is 433 g/mol. The van der Waals surface area contributed by atoms with Gasteiger partial charge in [0.05, 0.1) is 5.70 Å². The zero-order valence-corrected chi connectivity index (χ0v) is 18.0. The molecule has 0 N–H and O–H groups in total. The molecule has 1 aliphatic rings. The molecule has 0 bridgehead atoms. The molecule has 0 radical (unpaired) electrons. The molecule has 0 aliphatic carbocycles. The van der Waals surface area contributed by atoms with Crippen molar-refractivity contribution in [3.05, 3.63) is 137 Å². The Morgan fingerprint density at radius 2 is 1.19 bits per heavy atom. The first kappa shape index (κ1) is 20.0. The topological polar surface area (TPSA) is 20.3 Å². The van der Waals surface area contributed by atoms with Crippen molar-refractivity contribution in [2.24, 2.45) is 0 Å². The molecule has 5 rings (SSSR count). The second-order valence-corrected chi connectivity index (χ2v) is 8.04. The fourth-order valence-corrected chi connectivity index (χ4v) is 3.99. The highest BCUT2D eigenvalue weighted by molar-refractivity contribution is 6.30. The van der Waals surface area contributed by atoms with Gasteiger partial charge in [0.2, 0.25) is 0 Å². The first-order valence-electron chi connectivity index (χ1n) is 10.4. The molecule has 4 aromatic rings. The zero-order valence-electron chi connectivity index (χ0n) is 17.3. The number of amides is 1. The summed E-state index contributed by atoms with van der Waals surface area (Å²) in [4.78, 5) is 15.3. The summed E-state index contributed by atoms with van der Waals surface area (Å²) in [5.41, 5.74) is 6.49. The molecule has 154 valence electrons.